The smallest absolute Gasteiger partial charge is 0.363 e. The number of ether oxygens (including phenoxy) is 3. The molecule has 2 aromatic carbocycles. The molecule has 30 heavy (non-hydrogen) atoms. The van der Waals surface area contributed by atoms with E-state index in [1.165, 1.54) is 0 Å². The number of hydrogen-bond donors (Lipinski definition) is 0. The number of benzene rings is 2. The average molecular weight is 471 g/mol. The molecule has 8 heteroatoms. The third-order valence-electron chi connectivity index (χ3n) is 4.91. The Kier molecular flexibility index (Phi) is 5.59. The molecule has 0 unspecified atom stereocenters. The van der Waals surface area contributed by atoms with Crippen LogP contribution in [-0.2, 0) is 14.3 Å². The van der Waals surface area contributed by atoms with E-state index in [1.807, 2.05) is 12.1 Å². The van der Waals surface area contributed by atoms with Gasteiger partial charge in [-0.25, -0.2) is 9.79 Å². The Bertz CT molecular complexity index is 1080. The van der Waals surface area contributed by atoms with E-state index in [4.69, 9.17) is 14.2 Å². The molecular weight excluding hydrogens is 452 g/mol. The third-order valence-corrected chi connectivity index (χ3v) is 5.60. The van der Waals surface area contributed by atoms with Gasteiger partial charge in [-0.15, -0.1) is 0 Å². The second-order valence-electron chi connectivity index (χ2n) is 6.76. The molecular formula is C22H19BrN2O5. The molecule has 0 aliphatic carbocycles. The van der Waals surface area contributed by atoms with Gasteiger partial charge in [-0.3, -0.25) is 4.79 Å². The molecule has 0 saturated carbocycles. The Balaban J connectivity index is 1.61. The number of carbonyl (C=O) groups excluding carboxylic acids is 2. The first-order chi connectivity index (χ1) is 14.5. The summed E-state index contributed by atoms with van der Waals surface area (Å²) in [7, 11) is 3.10. The highest BCUT2D eigenvalue weighted by molar-refractivity contribution is 9.10. The Morgan fingerprint density at radius 2 is 1.80 bits per heavy atom. The predicted molar refractivity (Wildman–Crippen MR) is 116 cm³/mol. The van der Waals surface area contributed by atoms with Crippen molar-refractivity contribution in [1.29, 1.82) is 0 Å². The van der Waals surface area contributed by atoms with Gasteiger partial charge in [0, 0.05) is 28.7 Å². The maximum absolute atomic E-state index is 12.3. The van der Waals surface area contributed by atoms with Crippen LogP contribution in [0.2, 0.25) is 0 Å². The van der Waals surface area contributed by atoms with Crippen LogP contribution >= 0.6 is 15.9 Å². The summed E-state index contributed by atoms with van der Waals surface area (Å²) in [6.45, 7) is 0.723. The van der Waals surface area contributed by atoms with Gasteiger partial charge in [0.15, 0.2) is 17.2 Å². The monoisotopic (exact) mass is 470 g/mol. The Hall–Kier alpha value is -3.13. The molecule has 0 N–H and O–H groups in total. The minimum Gasteiger partial charge on any atom is -0.493 e. The minimum atomic E-state index is -0.537. The van der Waals surface area contributed by atoms with Crippen molar-refractivity contribution in [1.82, 2.24) is 0 Å². The van der Waals surface area contributed by atoms with Gasteiger partial charge in [0.1, 0.15) is 0 Å². The molecule has 0 bridgehead atoms. The van der Waals surface area contributed by atoms with Crippen LogP contribution in [0.25, 0.3) is 6.08 Å². The second-order valence-corrected chi connectivity index (χ2v) is 7.61. The highest BCUT2D eigenvalue weighted by Gasteiger charge is 2.26. The molecule has 1 saturated heterocycles. The molecule has 1 amide bonds. The van der Waals surface area contributed by atoms with Crippen molar-refractivity contribution in [2.24, 2.45) is 4.99 Å². The number of halogens is 1. The SMILES string of the molecule is COc1cc(Br)c(C=C2N=C(c3ccc(N4CCCC4=O)cc3)OC2=O)cc1OC. The van der Waals surface area contributed by atoms with Crippen molar-refractivity contribution in [2.75, 3.05) is 25.7 Å². The predicted octanol–water partition coefficient (Wildman–Crippen LogP) is 3.94. The summed E-state index contributed by atoms with van der Waals surface area (Å²) in [5, 5.41) is 0. The second kappa shape index (κ2) is 8.31. The zero-order valence-electron chi connectivity index (χ0n) is 16.5. The average Bonchev–Trinajstić information content (AvgIpc) is 3.34. The number of carbonyl (C=O) groups is 2. The van der Waals surface area contributed by atoms with Crippen LogP contribution in [0.1, 0.15) is 24.0 Å². The Morgan fingerprint density at radius 3 is 2.43 bits per heavy atom. The molecule has 4 rings (SSSR count). The first-order valence-electron chi connectivity index (χ1n) is 9.35. The number of amides is 1. The summed E-state index contributed by atoms with van der Waals surface area (Å²) >= 11 is 3.47. The van der Waals surface area contributed by atoms with Crippen molar-refractivity contribution in [2.45, 2.75) is 12.8 Å². The lowest BCUT2D eigenvalue weighted by atomic mass is 10.1. The van der Waals surface area contributed by atoms with Crippen molar-refractivity contribution in [3.8, 4) is 11.5 Å². The molecule has 0 spiro atoms. The summed E-state index contributed by atoms with van der Waals surface area (Å²) in [5.74, 6) is 0.919. The Labute approximate surface area is 182 Å². The molecule has 2 heterocycles. The summed E-state index contributed by atoms with van der Waals surface area (Å²) in [4.78, 5) is 30.3. The molecule has 0 atom stereocenters. The van der Waals surface area contributed by atoms with Crippen LogP contribution < -0.4 is 14.4 Å². The minimum absolute atomic E-state index is 0.123. The van der Waals surface area contributed by atoms with Crippen molar-refractivity contribution in [3.63, 3.8) is 0 Å². The van der Waals surface area contributed by atoms with Gasteiger partial charge >= 0.3 is 5.97 Å². The lowest BCUT2D eigenvalue weighted by Gasteiger charge is -2.15. The normalized spacial score (nSPS) is 17.4. The van der Waals surface area contributed by atoms with Crippen LogP contribution in [0, 0.1) is 0 Å². The highest BCUT2D eigenvalue weighted by atomic mass is 79.9. The van der Waals surface area contributed by atoms with Gasteiger partial charge in [0.2, 0.25) is 11.8 Å². The fourth-order valence-corrected chi connectivity index (χ4v) is 3.80. The molecule has 2 aliphatic heterocycles. The lowest BCUT2D eigenvalue weighted by molar-refractivity contribution is -0.130. The number of nitrogens with zero attached hydrogens (tertiary/aromatic N) is 2. The molecule has 7 nitrogen and oxygen atoms in total. The van der Waals surface area contributed by atoms with E-state index in [2.05, 4.69) is 20.9 Å². The van der Waals surface area contributed by atoms with Gasteiger partial charge in [-0.2, -0.15) is 0 Å². The number of cyclic esters (lactones) is 1. The standard InChI is InChI=1S/C22H19BrN2O5/c1-28-18-11-14(16(23)12-19(18)29-2)10-17-22(27)30-21(24-17)13-5-7-15(8-6-13)25-9-3-4-20(25)26/h5-8,10-12H,3-4,9H2,1-2H3. The molecule has 0 aromatic heterocycles. The van der Waals surface area contributed by atoms with E-state index >= 15 is 0 Å². The van der Waals surface area contributed by atoms with Gasteiger partial charge < -0.3 is 19.1 Å². The third kappa shape index (κ3) is 3.82. The van der Waals surface area contributed by atoms with Gasteiger partial charge in [0.25, 0.3) is 0 Å². The van der Waals surface area contributed by atoms with Crippen LogP contribution in [0.3, 0.4) is 0 Å². The molecule has 0 radical (unpaired) electrons. The number of anilines is 1. The van der Waals surface area contributed by atoms with Crippen LogP contribution in [0.4, 0.5) is 5.69 Å². The fourth-order valence-electron chi connectivity index (χ4n) is 3.37. The Morgan fingerprint density at radius 1 is 1.10 bits per heavy atom. The summed E-state index contributed by atoms with van der Waals surface area (Å²) in [5.41, 5.74) is 2.37. The zero-order chi connectivity index (χ0) is 21.3. The topological polar surface area (TPSA) is 77.4 Å². The molecule has 2 aromatic rings. The van der Waals surface area contributed by atoms with E-state index in [0.717, 1.165) is 23.1 Å². The summed E-state index contributed by atoms with van der Waals surface area (Å²) < 4.78 is 16.7. The van der Waals surface area contributed by atoms with E-state index in [1.54, 1.807) is 49.5 Å². The quantitative estimate of drug-likeness (QED) is 0.488. The molecule has 1 fully saturated rings. The van der Waals surface area contributed by atoms with Crippen LogP contribution in [0.15, 0.2) is 51.6 Å². The van der Waals surface area contributed by atoms with Crippen molar-refractivity contribution in [3.05, 3.63) is 57.7 Å². The number of esters is 1. The first kappa shape index (κ1) is 20.2. The van der Waals surface area contributed by atoms with Crippen molar-refractivity contribution >= 4 is 45.5 Å². The number of aliphatic imine (C=N–C) groups is 1. The van der Waals surface area contributed by atoms with Gasteiger partial charge in [0.05, 0.1) is 14.2 Å². The van der Waals surface area contributed by atoms with E-state index in [9.17, 15) is 9.59 Å². The van der Waals surface area contributed by atoms with E-state index in [0.29, 0.717) is 29.0 Å². The maximum atomic E-state index is 12.3. The first-order valence-corrected chi connectivity index (χ1v) is 10.1. The van der Waals surface area contributed by atoms with E-state index < -0.39 is 5.97 Å². The van der Waals surface area contributed by atoms with Crippen LogP contribution in [-0.4, -0.2) is 38.5 Å². The van der Waals surface area contributed by atoms with Crippen molar-refractivity contribution < 1.29 is 23.8 Å². The van der Waals surface area contributed by atoms with Crippen LogP contribution in [0.5, 0.6) is 11.5 Å². The van der Waals surface area contributed by atoms with Gasteiger partial charge in [-0.1, -0.05) is 15.9 Å². The molecule has 154 valence electrons. The number of methoxy groups -OCH3 is 2. The largest absolute Gasteiger partial charge is 0.493 e. The zero-order valence-corrected chi connectivity index (χ0v) is 18.1. The van der Waals surface area contributed by atoms with Gasteiger partial charge in [-0.05, 0) is 54.5 Å². The number of hydrogen-bond acceptors (Lipinski definition) is 6. The molecule has 2 aliphatic rings. The highest BCUT2D eigenvalue weighted by Crippen LogP contribution is 2.35. The fraction of sp³-hybridized carbons (Fsp3) is 0.227. The summed E-state index contributed by atoms with van der Waals surface area (Å²) in [6, 6.07) is 10.8. The van der Waals surface area contributed by atoms with E-state index in [-0.39, 0.29) is 17.5 Å². The summed E-state index contributed by atoms with van der Waals surface area (Å²) in [6.07, 6.45) is 3.06. The lowest BCUT2D eigenvalue weighted by Crippen LogP contribution is -2.23. The maximum Gasteiger partial charge on any atom is 0.363 e. The number of rotatable bonds is 5.